The average Bonchev–Trinajstić information content (AvgIpc) is 2.79. The number of rotatable bonds is 7. The maximum atomic E-state index is 12.6. The van der Waals surface area contributed by atoms with Crippen LogP contribution in [0.25, 0.3) is 11.0 Å². The van der Waals surface area contributed by atoms with Gasteiger partial charge in [0.05, 0.1) is 22.5 Å². The summed E-state index contributed by atoms with van der Waals surface area (Å²) >= 11 is 1.43. The van der Waals surface area contributed by atoms with E-state index in [1.54, 1.807) is 0 Å². The number of fused-ring (bicyclic) bond motifs is 1. The van der Waals surface area contributed by atoms with Crippen LogP contribution in [0.4, 0.5) is 5.69 Å². The Bertz CT molecular complexity index is 1220. The Hall–Kier alpha value is -3.18. The van der Waals surface area contributed by atoms with Crippen molar-refractivity contribution in [3.8, 4) is 0 Å². The van der Waals surface area contributed by atoms with Gasteiger partial charge in [-0.3, -0.25) is 4.79 Å². The van der Waals surface area contributed by atoms with Crippen LogP contribution in [-0.2, 0) is 11.2 Å². The highest BCUT2D eigenvalue weighted by Crippen LogP contribution is 2.25. The molecule has 1 heterocycles. The second-order valence-corrected chi connectivity index (χ2v) is 9.20. The van der Waals surface area contributed by atoms with Gasteiger partial charge in [-0.25, -0.2) is 9.97 Å². The van der Waals surface area contributed by atoms with Crippen LogP contribution in [0.15, 0.2) is 77.8 Å². The lowest BCUT2D eigenvalue weighted by molar-refractivity contribution is -0.113. The van der Waals surface area contributed by atoms with Gasteiger partial charge in [0.25, 0.3) is 0 Å². The Kier molecular flexibility index (Phi) is 6.86. The molecule has 0 unspecified atom stereocenters. The summed E-state index contributed by atoms with van der Waals surface area (Å²) in [4.78, 5) is 22.3. The summed E-state index contributed by atoms with van der Waals surface area (Å²) in [7, 11) is 0. The van der Waals surface area contributed by atoms with Crippen molar-refractivity contribution in [2.75, 3.05) is 11.1 Å². The van der Waals surface area contributed by atoms with E-state index in [2.05, 4.69) is 62.5 Å². The van der Waals surface area contributed by atoms with Gasteiger partial charge in [-0.1, -0.05) is 79.7 Å². The lowest BCUT2D eigenvalue weighted by atomic mass is 10.0. The zero-order valence-electron chi connectivity index (χ0n) is 18.6. The number of nitrogens with one attached hydrogen (secondary N) is 1. The number of thioether (sulfide) groups is 1. The summed E-state index contributed by atoms with van der Waals surface area (Å²) in [6.45, 7) is 6.39. The van der Waals surface area contributed by atoms with Crippen molar-refractivity contribution < 1.29 is 4.79 Å². The molecule has 3 aromatic carbocycles. The Morgan fingerprint density at radius 2 is 1.56 bits per heavy atom. The molecule has 1 aromatic heterocycles. The number of amides is 1. The number of carbonyl (C=O) groups is 1. The monoisotopic (exact) mass is 441 g/mol. The lowest BCUT2D eigenvalue weighted by Gasteiger charge is -2.11. The number of aryl methyl sites for hydroxylation is 1. The molecule has 0 spiro atoms. The van der Waals surface area contributed by atoms with Gasteiger partial charge in [-0.05, 0) is 48.2 Å². The number of anilines is 1. The number of hydrogen-bond acceptors (Lipinski definition) is 4. The van der Waals surface area contributed by atoms with Crippen molar-refractivity contribution in [2.45, 2.75) is 38.1 Å². The summed E-state index contributed by atoms with van der Waals surface area (Å²) in [6.07, 6.45) is 0.679. The molecule has 0 aliphatic rings. The van der Waals surface area contributed by atoms with Crippen molar-refractivity contribution in [1.29, 1.82) is 0 Å². The SMILES string of the molecule is Cc1ccc(Cc2nc3ccccc3nc2SCC(=O)Nc2ccc(C(C)C)cc2)cc1. The van der Waals surface area contributed by atoms with Gasteiger partial charge >= 0.3 is 0 Å². The molecule has 4 nitrogen and oxygen atoms in total. The molecule has 32 heavy (non-hydrogen) atoms. The van der Waals surface area contributed by atoms with Crippen LogP contribution in [0.3, 0.4) is 0 Å². The fourth-order valence-electron chi connectivity index (χ4n) is 3.43. The predicted molar refractivity (Wildman–Crippen MR) is 133 cm³/mol. The van der Waals surface area contributed by atoms with Gasteiger partial charge in [-0.15, -0.1) is 0 Å². The standard InChI is InChI=1S/C27H27N3OS/c1-18(2)21-12-14-22(15-13-21)28-26(31)17-32-27-25(16-20-10-8-19(3)9-11-20)29-23-6-4-5-7-24(23)30-27/h4-15,18H,16-17H2,1-3H3,(H,28,31). The van der Waals surface area contributed by atoms with Crippen molar-refractivity contribution in [3.63, 3.8) is 0 Å². The Morgan fingerprint density at radius 1 is 0.906 bits per heavy atom. The number of benzene rings is 3. The van der Waals surface area contributed by atoms with Crippen LogP contribution in [-0.4, -0.2) is 21.6 Å². The third-order valence-corrected chi connectivity index (χ3v) is 6.31. The van der Waals surface area contributed by atoms with E-state index in [1.165, 1.54) is 28.5 Å². The summed E-state index contributed by atoms with van der Waals surface area (Å²) in [5.74, 6) is 0.692. The van der Waals surface area contributed by atoms with Gasteiger partial charge in [0.1, 0.15) is 5.03 Å². The molecule has 0 bridgehead atoms. The maximum Gasteiger partial charge on any atom is 0.234 e. The zero-order valence-corrected chi connectivity index (χ0v) is 19.4. The molecule has 0 atom stereocenters. The van der Waals surface area contributed by atoms with E-state index in [1.807, 2.05) is 36.4 Å². The van der Waals surface area contributed by atoms with Gasteiger partial charge in [-0.2, -0.15) is 0 Å². The fraction of sp³-hybridized carbons (Fsp3) is 0.222. The summed E-state index contributed by atoms with van der Waals surface area (Å²) in [5.41, 5.74) is 7.07. The first-order chi connectivity index (χ1) is 15.5. The number of para-hydroxylation sites is 2. The van der Waals surface area contributed by atoms with Gasteiger partial charge in [0.2, 0.25) is 5.91 Å². The molecule has 0 saturated carbocycles. The van der Waals surface area contributed by atoms with Gasteiger partial charge in [0.15, 0.2) is 0 Å². The molecule has 0 aliphatic carbocycles. The Labute approximate surface area is 193 Å². The summed E-state index contributed by atoms with van der Waals surface area (Å²) in [6, 6.07) is 24.3. The van der Waals surface area contributed by atoms with Crippen LogP contribution < -0.4 is 5.32 Å². The molecular weight excluding hydrogens is 414 g/mol. The van der Waals surface area contributed by atoms with Gasteiger partial charge < -0.3 is 5.32 Å². The van der Waals surface area contributed by atoms with Crippen molar-refractivity contribution in [1.82, 2.24) is 9.97 Å². The van der Waals surface area contributed by atoms with E-state index in [4.69, 9.17) is 9.97 Å². The fourth-order valence-corrected chi connectivity index (χ4v) is 4.22. The maximum absolute atomic E-state index is 12.6. The number of nitrogens with zero attached hydrogens (tertiary/aromatic N) is 2. The molecule has 0 aliphatic heterocycles. The van der Waals surface area contributed by atoms with E-state index in [0.717, 1.165) is 27.4 Å². The highest BCUT2D eigenvalue weighted by Gasteiger charge is 2.13. The third kappa shape index (κ3) is 5.54. The van der Waals surface area contributed by atoms with E-state index in [-0.39, 0.29) is 11.7 Å². The quantitative estimate of drug-likeness (QED) is 0.338. The van der Waals surface area contributed by atoms with Crippen molar-refractivity contribution in [3.05, 3.63) is 95.2 Å². The van der Waals surface area contributed by atoms with Crippen LogP contribution in [0, 0.1) is 6.92 Å². The van der Waals surface area contributed by atoms with Crippen LogP contribution >= 0.6 is 11.8 Å². The van der Waals surface area contributed by atoms with Crippen molar-refractivity contribution >= 4 is 34.4 Å². The molecule has 5 heteroatoms. The van der Waals surface area contributed by atoms with Crippen LogP contribution in [0.5, 0.6) is 0 Å². The third-order valence-electron chi connectivity index (χ3n) is 5.30. The lowest BCUT2D eigenvalue weighted by Crippen LogP contribution is -2.14. The van der Waals surface area contributed by atoms with Gasteiger partial charge in [0, 0.05) is 12.1 Å². The molecule has 0 fully saturated rings. The Balaban J connectivity index is 1.50. The zero-order chi connectivity index (χ0) is 22.5. The minimum absolute atomic E-state index is 0.0523. The first-order valence-corrected chi connectivity index (χ1v) is 11.8. The molecule has 1 N–H and O–H groups in total. The number of hydrogen-bond donors (Lipinski definition) is 1. The number of carbonyl (C=O) groups excluding carboxylic acids is 1. The van der Waals surface area contributed by atoms with Crippen LogP contribution in [0.2, 0.25) is 0 Å². The molecular formula is C27H27N3OS. The molecule has 0 saturated heterocycles. The normalized spacial score (nSPS) is 11.1. The first kappa shape index (κ1) is 22.0. The minimum Gasteiger partial charge on any atom is -0.325 e. The second-order valence-electron chi connectivity index (χ2n) is 8.24. The summed E-state index contributed by atoms with van der Waals surface area (Å²) < 4.78 is 0. The molecule has 4 rings (SSSR count). The van der Waals surface area contributed by atoms with E-state index < -0.39 is 0 Å². The Morgan fingerprint density at radius 3 is 2.22 bits per heavy atom. The highest BCUT2D eigenvalue weighted by atomic mass is 32.2. The van der Waals surface area contributed by atoms with Crippen molar-refractivity contribution in [2.24, 2.45) is 0 Å². The second kappa shape index (κ2) is 9.96. The molecule has 4 aromatic rings. The first-order valence-electron chi connectivity index (χ1n) is 10.8. The summed E-state index contributed by atoms with van der Waals surface area (Å²) in [5, 5.41) is 3.78. The van der Waals surface area contributed by atoms with E-state index in [9.17, 15) is 4.79 Å². The largest absolute Gasteiger partial charge is 0.325 e. The van der Waals surface area contributed by atoms with Crippen LogP contribution in [0.1, 0.15) is 42.1 Å². The highest BCUT2D eigenvalue weighted by molar-refractivity contribution is 8.00. The predicted octanol–water partition coefficient (Wildman–Crippen LogP) is 6.38. The van der Waals surface area contributed by atoms with E-state index >= 15 is 0 Å². The average molecular weight is 442 g/mol. The molecule has 0 radical (unpaired) electrons. The topological polar surface area (TPSA) is 54.9 Å². The molecule has 1 amide bonds. The minimum atomic E-state index is -0.0523. The smallest absolute Gasteiger partial charge is 0.234 e. The van der Waals surface area contributed by atoms with E-state index in [0.29, 0.717) is 12.3 Å². The molecule has 162 valence electrons. The number of aromatic nitrogens is 2.